The average molecular weight is 277 g/mol. The molecule has 0 bridgehead atoms. The first kappa shape index (κ1) is 15.3. The maximum atomic E-state index is 5.33. The number of hydrogen-bond acceptors (Lipinski definition) is 4. The standard InChI is InChI=1S/C16H27N3O/c1-12-8-14(20-5)9-13(18-12)10-19-7-6-17-15(11-19)16(2,3)4/h8-9,15,17H,6-7,10-11H2,1-5H3. The maximum absolute atomic E-state index is 5.33. The van der Waals surface area contributed by atoms with Gasteiger partial charge in [-0.3, -0.25) is 9.88 Å². The molecule has 2 heterocycles. The van der Waals surface area contributed by atoms with Gasteiger partial charge in [0.1, 0.15) is 5.75 Å². The van der Waals surface area contributed by atoms with Crippen molar-refractivity contribution in [3.63, 3.8) is 0 Å². The molecule has 0 radical (unpaired) electrons. The van der Waals surface area contributed by atoms with E-state index in [1.54, 1.807) is 7.11 Å². The Bertz CT molecular complexity index is 454. The Morgan fingerprint density at radius 2 is 2.15 bits per heavy atom. The van der Waals surface area contributed by atoms with E-state index < -0.39 is 0 Å². The SMILES string of the molecule is COc1cc(C)nc(CN2CCNC(C(C)(C)C)C2)c1. The molecule has 112 valence electrons. The molecular formula is C16H27N3O. The van der Waals surface area contributed by atoms with Crippen LogP contribution in [0.3, 0.4) is 0 Å². The van der Waals surface area contributed by atoms with Crippen LogP contribution in [0.4, 0.5) is 0 Å². The van der Waals surface area contributed by atoms with Crippen LogP contribution in [-0.2, 0) is 6.54 Å². The first-order chi connectivity index (χ1) is 9.38. The van der Waals surface area contributed by atoms with E-state index in [1.807, 2.05) is 19.1 Å². The highest BCUT2D eigenvalue weighted by atomic mass is 16.5. The number of piperazine rings is 1. The molecule has 0 aliphatic carbocycles. The number of pyridine rings is 1. The van der Waals surface area contributed by atoms with Crippen LogP contribution in [0.1, 0.15) is 32.2 Å². The second-order valence-corrected chi connectivity index (χ2v) is 6.75. The summed E-state index contributed by atoms with van der Waals surface area (Å²) < 4.78 is 5.33. The molecule has 4 nitrogen and oxygen atoms in total. The number of nitrogens with one attached hydrogen (secondary N) is 1. The van der Waals surface area contributed by atoms with Gasteiger partial charge in [-0.25, -0.2) is 0 Å². The molecule has 1 aromatic rings. The normalized spacial score (nSPS) is 20.9. The highest BCUT2D eigenvalue weighted by Crippen LogP contribution is 2.23. The van der Waals surface area contributed by atoms with Crippen LogP contribution >= 0.6 is 0 Å². The third-order valence-corrected chi connectivity index (χ3v) is 3.91. The van der Waals surface area contributed by atoms with Crippen molar-refractivity contribution >= 4 is 0 Å². The van der Waals surface area contributed by atoms with E-state index in [0.29, 0.717) is 6.04 Å². The van der Waals surface area contributed by atoms with Gasteiger partial charge < -0.3 is 10.1 Å². The van der Waals surface area contributed by atoms with Crippen molar-refractivity contribution in [3.8, 4) is 5.75 Å². The van der Waals surface area contributed by atoms with Gasteiger partial charge in [0.15, 0.2) is 0 Å². The summed E-state index contributed by atoms with van der Waals surface area (Å²) >= 11 is 0. The summed E-state index contributed by atoms with van der Waals surface area (Å²) in [5, 5.41) is 3.62. The van der Waals surface area contributed by atoms with Crippen LogP contribution in [0.15, 0.2) is 12.1 Å². The summed E-state index contributed by atoms with van der Waals surface area (Å²) in [6, 6.07) is 4.54. The number of hydrogen-bond donors (Lipinski definition) is 1. The number of methoxy groups -OCH3 is 1. The number of aryl methyl sites for hydroxylation is 1. The van der Waals surface area contributed by atoms with Crippen LogP contribution in [0.25, 0.3) is 0 Å². The number of aromatic nitrogens is 1. The Morgan fingerprint density at radius 1 is 1.40 bits per heavy atom. The lowest BCUT2D eigenvalue weighted by Crippen LogP contribution is -2.55. The largest absolute Gasteiger partial charge is 0.497 e. The Morgan fingerprint density at radius 3 is 2.80 bits per heavy atom. The summed E-state index contributed by atoms with van der Waals surface area (Å²) in [5.74, 6) is 0.898. The number of ether oxygens (including phenoxy) is 1. The zero-order chi connectivity index (χ0) is 14.8. The van der Waals surface area contributed by atoms with Crippen LogP contribution in [-0.4, -0.2) is 42.7 Å². The van der Waals surface area contributed by atoms with E-state index in [4.69, 9.17) is 4.74 Å². The van der Waals surface area contributed by atoms with E-state index in [0.717, 1.165) is 43.3 Å². The van der Waals surface area contributed by atoms with Crippen LogP contribution in [0.5, 0.6) is 5.75 Å². The van der Waals surface area contributed by atoms with Gasteiger partial charge in [0, 0.05) is 50.0 Å². The summed E-state index contributed by atoms with van der Waals surface area (Å²) in [5.41, 5.74) is 2.40. The molecule has 1 atom stereocenters. The van der Waals surface area contributed by atoms with Crippen LogP contribution in [0, 0.1) is 12.3 Å². The van der Waals surface area contributed by atoms with Gasteiger partial charge in [-0.15, -0.1) is 0 Å². The summed E-state index contributed by atoms with van der Waals surface area (Å²) in [6.45, 7) is 13.0. The molecule has 0 spiro atoms. The smallest absolute Gasteiger partial charge is 0.122 e. The van der Waals surface area contributed by atoms with Crippen molar-refractivity contribution in [2.24, 2.45) is 5.41 Å². The molecule has 0 aromatic carbocycles. The second-order valence-electron chi connectivity index (χ2n) is 6.75. The molecule has 1 N–H and O–H groups in total. The van der Waals surface area contributed by atoms with Gasteiger partial charge in [0.2, 0.25) is 0 Å². The maximum Gasteiger partial charge on any atom is 0.122 e. The summed E-state index contributed by atoms with van der Waals surface area (Å²) in [7, 11) is 1.71. The van der Waals surface area contributed by atoms with Gasteiger partial charge in [0.25, 0.3) is 0 Å². The molecule has 4 heteroatoms. The topological polar surface area (TPSA) is 37.4 Å². The molecule has 1 unspecified atom stereocenters. The summed E-state index contributed by atoms with van der Waals surface area (Å²) in [4.78, 5) is 7.10. The monoisotopic (exact) mass is 277 g/mol. The zero-order valence-electron chi connectivity index (χ0n) is 13.4. The minimum Gasteiger partial charge on any atom is -0.497 e. The minimum atomic E-state index is 0.288. The van der Waals surface area contributed by atoms with E-state index in [1.165, 1.54) is 0 Å². The molecule has 0 saturated carbocycles. The fourth-order valence-corrected chi connectivity index (χ4v) is 2.67. The third kappa shape index (κ3) is 3.93. The van der Waals surface area contributed by atoms with Crippen molar-refractivity contribution in [2.45, 2.75) is 40.3 Å². The molecule has 1 aliphatic heterocycles. The summed E-state index contributed by atoms with van der Waals surface area (Å²) in [6.07, 6.45) is 0. The predicted octanol–water partition coefficient (Wildman–Crippen LogP) is 2.22. The highest BCUT2D eigenvalue weighted by molar-refractivity contribution is 5.26. The van der Waals surface area contributed by atoms with Gasteiger partial charge in [-0.2, -0.15) is 0 Å². The Balaban J connectivity index is 2.04. The highest BCUT2D eigenvalue weighted by Gasteiger charge is 2.29. The number of nitrogens with zero attached hydrogens (tertiary/aromatic N) is 2. The molecule has 1 fully saturated rings. The fraction of sp³-hybridized carbons (Fsp3) is 0.688. The molecule has 0 amide bonds. The minimum absolute atomic E-state index is 0.288. The van der Waals surface area contributed by atoms with Crippen molar-refractivity contribution in [1.82, 2.24) is 15.2 Å². The fourth-order valence-electron chi connectivity index (χ4n) is 2.67. The molecular weight excluding hydrogens is 250 g/mol. The third-order valence-electron chi connectivity index (χ3n) is 3.91. The lowest BCUT2D eigenvalue weighted by Gasteiger charge is -2.40. The Labute approximate surface area is 122 Å². The Kier molecular flexibility index (Phi) is 4.66. The van der Waals surface area contributed by atoms with E-state index in [9.17, 15) is 0 Å². The Hall–Kier alpha value is -1.13. The molecule has 20 heavy (non-hydrogen) atoms. The van der Waals surface area contributed by atoms with Crippen LogP contribution < -0.4 is 10.1 Å². The van der Waals surface area contributed by atoms with Crippen molar-refractivity contribution in [3.05, 3.63) is 23.5 Å². The van der Waals surface area contributed by atoms with Crippen molar-refractivity contribution < 1.29 is 4.74 Å². The quantitative estimate of drug-likeness (QED) is 0.919. The van der Waals surface area contributed by atoms with E-state index in [-0.39, 0.29) is 5.41 Å². The molecule has 1 aromatic heterocycles. The average Bonchev–Trinajstić information content (AvgIpc) is 2.37. The van der Waals surface area contributed by atoms with Gasteiger partial charge >= 0.3 is 0 Å². The first-order valence-corrected chi connectivity index (χ1v) is 7.36. The zero-order valence-corrected chi connectivity index (χ0v) is 13.4. The molecule has 1 saturated heterocycles. The van der Waals surface area contributed by atoms with Crippen molar-refractivity contribution in [2.75, 3.05) is 26.7 Å². The van der Waals surface area contributed by atoms with Crippen LogP contribution in [0.2, 0.25) is 0 Å². The van der Waals surface area contributed by atoms with Gasteiger partial charge in [-0.1, -0.05) is 20.8 Å². The lowest BCUT2D eigenvalue weighted by atomic mass is 9.85. The van der Waals surface area contributed by atoms with Crippen molar-refractivity contribution in [1.29, 1.82) is 0 Å². The molecule has 1 aliphatic rings. The number of rotatable bonds is 3. The first-order valence-electron chi connectivity index (χ1n) is 7.36. The van der Waals surface area contributed by atoms with Gasteiger partial charge in [0.05, 0.1) is 12.8 Å². The van der Waals surface area contributed by atoms with Gasteiger partial charge in [-0.05, 0) is 12.3 Å². The van der Waals surface area contributed by atoms with E-state index in [2.05, 4.69) is 36.0 Å². The lowest BCUT2D eigenvalue weighted by molar-refractivity contribution is 0.128. The second kappa shape index (κ2) is 6.10. The van der Waals surface area contributed by atoms with E-state index >= 15 is 0 Å². The molecule has 2 rings (SSSR count). The predicted molar refractivity (Wildman–Crippen MR) is 82.0 cm³/mol.